The first-order valence-electron chi connectivity index (χ1n) is 7.86. The summed E-state index contributed by atoms with van der Waals surface area (Å²) in [5, 5.41) is 8.89. The van der Waals surface area contributed by atoms with Crippen LogP contribution >= 0.6 is 0 Å². The van der Waals surface area contributed by atoms with Crippen LogP contribution in [0.2, 0.25) is 0 Å². The highest BCUT2D eigenvalue weighted by molar-refractivity contribution is 5.80. The molecule has 0 spiro atoms. The molecule has 0 bridgehead atoms. The van der Waals surface area contributed by atoms with E-state index < -0.39 is 12.0 Å². The molecule has 1 saturated heterocycles. The van der Waals surface area contributed by atoms with Gasteiger partial charge in [0, 0.05) is 32.5 Å². The van der Waals surface area contributed by atoms with Crippen molar-refractivity contribution in [1.29, 1.82) is 0 Å². The molecule has 7 nitrogen and oxygen atoms in total. The van der Waals surface area contributed by atoms with E-state index in [1.165, 1.54) is 0 Å². The van der Waals surface area contributed by atoms with Gasteiger partial charge in [0.15, 0.2) is 0 Å². The van der Waals surface area contributed by atoms with Gasteiger partial charge in [-0.2, -0.15) is 0 Å². The zero-order valence-corrected chi connectivity index (χ0v) is 13.4. The summed E-state index contributed by atoms with van der Waals surface area (Å²) >= 11 is 0. The van der Waals surface area contributed by atoms with E-state index in [9.17, 15) is 14.4 Å². The molecule has 0 aliphatic carbocycles. The fourth-order valence-corrected chi connectivity index (χ4v) is 2.62. The lowest BCUT2D eigenvalue weighted by molar-refractivity contribution is -0.146. The highest BCUT2D eigenvalue weighted by atomic mass is 16.5. The first-order chi connectivity index (χ1) is 10.5. The molecule has 1 fully saturated rings. The maximum atomic E-state index is 12.2. The van der Waals surface area contributed by atoms with Gasteiger partial charge in [-0.3, -0.25) is 14.4 Å². The number of hydrogen-bond acceptors (Lipinski definition) is 4. The number of hydrogen-bond donors (Lipinski definition) is 1. The second-order valence-electron chi connectivity index (χ2n) is 5.33. The van der Waals surface area contributed by atoms with Crippen LogP contribution < -0.4 is 0 Å². The Balaban J connectivity index is 2.42. The standard InChI is InChI=1S/C15H26N2O5/c1-3-16(4-2)13(18)6-5-7-14(19)17-8-9-22-11-12(17)10-15(20)21/h12H,3-11H2,1-2H3,(H,20,21). The molecule has 1 atom stereocenters. The van der Waals surface area contributed by atoms with E-state index in [1.807, 2.05) is 13.8 Å². The molecular formula is C15H26N2O5. The van der Waals surface area contributed by atoms with Gasteiger partial charge >= 0.3 is 5.97 Å². The number of nitrogens with zero attached hydrogens (tertiary/aromatic N) is 2. The van der Waals surface area contributed by atoms with Crippen molar-refractivity contribution >= 4 is 17.8 Å². The molecule has 1 N–H and O–H groups in total. The SMILES string of the molecule is CCN(CC)C(=O)CCCC(=O)N1CCOCC1CC(=O)O. The van der Waals surface area contributed by atoms with Crippen molar-refractivity contribution in [3.63, 3.8) is 0 Å². The van der Waals surface area contributed by atoms with Crippen LogP contribution in [0.4, 0.5) is 0 Å². The second-order valence-corrected chi connectivity index (χ2v) is 5.33. The average Bonchev–Trinajstić information content (AvgIpc) is 2.48. The minimum Gasteiger partial charge on any atom is -0.481 e. The Kier molecular flexibility index (Phi) is 7.87. The molecular weight excluding hydrogens is 288 g/mol. The van der Waals surface area contributed by atoms with E-state index in [1.54, 1.807) is 9.80 Å². The molecule has 1 aliphatic rings. The van der Waals surface area contributed by atoms with E-state index in [0.29, 0.717) is 39.1 Å². The zero-order chi connectivity index (χ0) is 16.5. The van der Waals surface area contributed by atoms with Crippen LogP contribution in [0.3, 0.4) is 0 Å². The lowest BCUT2D eigenvalue weighted by atomic mass is 10.1. The lowest BCUT2D eigenvalue weighted by Crippen LogP contribution is -2.49. The molecule has 0 aromatic carbocycles. The van der Waals surface area contributed by atoms with Gasteiger partial charge in [0.05, 0.1) is 25.7 Å². The van der Waals surface area contributed by atoms with Crippen molar-refractivity contribution in [2.24, 2.45) is 0 Å². The fraction of sp³-hybridized carbons (Fsp3) is 0.800. The van der Waals surface area contributed by atoms with E-state index in [2.05, 4.69) is 0 Å². The van der Waals surface area contributed by atoms with Gasteiger partial charge in [0.1, 0.15) is 0 Å². The Morgan fingerprint density at radius 1 is 1.23 bits per heavy atom. The Hall–Kier alpha value is -1.63. The second kappa shape index (κ2) is 9.40. The Bertz CT molecular complexity index is 395. The molecule has 0 aromatic rings. The number of rotatable bonds is 8. The number of carboxylic acid groups (broad SMARTS) is 1. The van der Waals surface area contributed by atoms with Crippen LogP contribution in [0.5, 0.6) is 0 Å². The molecule has 1 aliphatic heterocycles. The topological polar surface area (TPSA) is 87.2 Å². The van der Waals surface area contributed by atoms with E-state index in [0.717, 1.165) is 0 Å². The van der Waals surface area contributed by atoms with Crippen LogP contribution in [-0.2, 0) is 19.1 Å². The third-order valence-electron chi connectivity index (χ3n) is 3.86. The third-order valence-corrected chi connectivity index (χ3v) is 3.86. The molecule has 7 heteroatoms. The molecule has 0 aromatic heterocycles. The van der Waals surface area contributed by atoms with Crippen LogP contribution in [-0.4, -0.2) is 71.6 Å². The highest BCUT2D eigenvalue weighted by Crippen LogP contribution is 2.14. The van der Waals surface area contributed by atoms with Crippen LogP contribution in [0.25, 0.3) is 0 Å². The quantitative estimate of drug-likeness (QED) is 0.713. The molecule has 0 saturated carbocycles. The van der Waals surface area contributed by atoms with Gasteiger partial charge in [-0.15, -0.1) is 0 Å². The molecule has 1 unspecified atom stereocenters. The predicted octanol–water partition coefficient (Wildman–Crippen LogP) is 0.727. The smallest absolute Gasteiger partial charge is 0.305 e. The molecule has 1 heterocycles. The first kappa shape index (κ1) is 18.4. The number of carbonyl (C=O) groups excluding carboxylic acids is 2. The number of carboxylic acids is 1. The summed E-state index contributed by atoms with van der Waals surface area (Å²) in [4.78, 5) is 38.3. The molecule has 22 heavy (non-hydrogen) atoms. The van der Waals surface area contributed by atoms with Crippen molar-refractivity contribution in [3.8, 4) is 0 Å². The minimum absolute atomic E-state index is 0.0573. The van der Waals surface area contributed by atoms with E-state index >= 15 is 0 Å². The summed E-state index contributed by atoms with van der Waals surface area (Å²) in [5.41, 5.74) is 0. The normalized spacial score (nSPS) is 18.1. The largest absolute Gasteiger partial charge is 0.481 e. The molecule has 1 rings (SSSR count). The number of ether oxygens (including phenoxy) is 1. The van der Waals surface area contributed by atoms with Crippen LogP contribution in [0.1, 0.15) is 39.5 Å². The van der Waals surface area contributed by atoms with Gasteiger partial charge in [0.2, 0.25) is 11.8 Å². The van der Waals surface area contributed by atoms with Crippen molar-refractivity contribution in [3.05, 3.63) is 0 Å². The van der Waals surface area contributed by atoms with E-state index in [-0.39, 0.29) is 31.3 Å². The first-order valence-corrected chi connectivity index (χ1v) is 7.86. The van der Waals surface area contributed by atoms with Crippen LogP contribution in [0.15, 0.2) is 0 Å². The van der Waals surface area contributed by atoms with Crippen LogP contribution in [0, 0.1) is 0 Å². The Labute approximate surface area is 131 Å². The summed E-state index contributed by atoms with van der Waals surface area (Å²) in [6.07, 6.45) is 1.000. The summed E-state index contributed by atoms with van der Waals surface area (Å²) < 4.78 is 5.25. The molecule has 2 amide bonds. The van der Waals surface area contributed by atoms with Crippen molar-refractivity contribution < 1.29 is 24.2 Å². The van der Waals surface area contributed by atoms with E-state index in [4.69, 9.17) is 9.84 Å². The average molecular weight is 314 g/mol. The maximum absolute atomic E-state index is 12.2. The zero-order valence-electron chi connectivity index (χ0n) is 13.4. The van der Waals surface area contributed by atoms with Gasteiger partial charge in [0.25, 0.3) is 0 Å². The number of amides is 2. The van der Waals surface area contributed by atoms with Gasteiger partial charge in [-0.1, -0.05) is 0 Å². The van der Waals surface area contributed by atoms with Crippen molar-refractivity contribution in [1.82, 2.24) is 9.80 Å². The van der Waals surface area contributed by atoms with Gasteiger partial charge in [-0.05, 0) is 20.3 Å². The summed E-state index contributed by atoms with van der Waals surface area (Å²) in [5.74, 6) is -0.978. The minimum atomic E-state index is -0.940. The Morgan fingerprint density at radius 3 is 2.50 bits per heavy atom. The summed E-state index contributed by atoms with van der Waals surface area (Å²) in [6, 6.07) is -0.405. The monoisotopic (exact) mass is 314 g/mol. The number of carbonyl (C=O) groups is 3. The molecule has 126 valence electrons. The number of morpholine rings is 1. The Morgan fingerprint density at radius 2 is 1.91 bits per heavy atom. The van der Waals surface area contributed by atoms with Gasteiger partial charge in [-0.25, -0.2) is 0 Å². The van der Waals surface area contributed by atoms with Crippen molar-refractivity contribution in [2.75, 3.05) is 32.8 Å². The lowest BCUT2D eigenvalue weighted by Gasteiger charge is -2.35. The summed E-state index contributed by atoms with van der Waals surface area (Å²) in [6.45, 7) is 6.31. The molecule has 0 radical (unpaired) electrons. The van der Waals surface area contributed by atoms with Gasteiger partial charge < -0.3 is 19.6 Å². The summed E-state index contributed by atoms with van der Waals surface area (Å²) in [7, 11) is 0. The third kappa shape index (κ3) is 5.63. The number of aliphatic carboxylic acids is 1. The van der Waals surface area contributed by atoms with Crippen molar-refractivity contribution in [2.45, 2.75) is 45.6 Å². The fourth-order valence-electron chi connectivity index (χ4n) is 2.62. The highest BCUT2D eigenvalue weighted by Gasteiger charge is 2.28. The maximum Gasteiger partial charge on any atom is 0.305 e. The predicted molar refractivity (Wildman–Crippen MR) is 80.4 cm³/mol.